The van der Waals surface area contributed by atoms with E-state index < -0.39 is 0 Å². The van der Waals surface area contributed by atoms with E-state index in [9.17, 15) is 4.79 Å². The SMILES string of the molecule is CCc1ccc(OCCCC(=O)N2CCN(c3ccc4ccccc4n3)CC2)c(Br)c1. The van der Waals surface area contributed by atoms with Crippen LogP contribution in [0.2, 0.25) is 0 Å². The van der Waals surface area contributed by atoms with E-state index in [0.717, 1.165) is 59.5 Å². The van der Waals surface area contributed by atoms with Gasteiger partial charge in [0.1, 0.15) is 11.6 Å². The number of carbonyl (C=O) groups excluding carboxylic acids is 1. The molecule has 0 bridgehead atoms. The van der Waals surface area contributed by atoms with Crippen LogP contribution in [-0.4, -0.2) is 48.6 Å². The van der Waals surface area contributed by atoms with Crippen molar-refractivity contribution in [1.29, 1.82) is 0 Å². The molecule has 4 rings (SSSR count). The molecule has 3 aromatic rings. The van der Waals surface area contributed by atoms with Gasteiger partial charge < -0.3 is 14.5 Å². The van der Waals surface area contributed by atoms with E-state index in [-0.39, 0.29) is 5.91 Å². The summed E-state index contributed by atoms with van der Waals surface area (Å²) in [5.41, 5.74) is 2.28. The number of nitrogens with zero attached hydrogens (tertiary/aromatic N) is 3. The first-order valence-electron chi connectivity index (χ1n) is 10.9. The predicted octanol–water partition coefficient (Wildman–Crippen LogP) is 5.07. The zero-order chi connectivity index (χ0) is 21.6. The maximum absolute atomic E-state index is 12.6. The number of ether oxygens (including phenoxy) is 1. The lowest BCUT2D eigenvalue weighted by Gasteiger charge is -2.35. The molecule has 0 aliphatic carbocycles. The highest BCUT2D eigenvalue weighted by Gasteiger charge is 2.21. The molecule has 0 N–H and O–H groups in total. The molecular formula is C25H28BrN3O2. The molecule has 1 amide bonds. The molecule has 2 aromatic carbocycles. The Balaban J connectivity index is 1.22. The summed E-state index contributed by atoms with van der Waals surface area (Å²) in [6.45, 7) is 5.76. The van der Waals surface area contributed by atoms with Crippen LogP contribution in [0.1, 0.15) is 25.3 Å². The Bertz CT molecular complexity index is 1050. The number of piperazine rings is 1. The number of aromatic nitrogens is 1. The third kappa shape index (κ3) is 5.37. The highest BCUT2D eigenvalue weighted by atomic mass is 79.9. The van der Waals surface area contributed by atoms with Gasteiger partial charge in [0.15, 0.2) is 0 Å². The minimum Gasteiger partial charge on any atom is -0.492 e. The highest BCUT2D eigenvalue weighted by Crippen LogP contribution is 2.26. The molecular weight excluding hydrogens is 454 g/mol. The van der Waals surface area contributed by atoms with Crippen LogP contribution in [0.4, 0.5) is 5.82 Å². The molecule has 6 heteroatoms. The summed E-state index contributed by atoms with van der Waals surface area (Å²) < 4.78 is 6.82. The van der Waals surface area contributed by atoms with Gasteiger partial charge in [-0.25, -0.2) is 4.98 Å². The van der Waals surface area contributed by atoms with Crippen molar-refractivity contribution in [3.8, 4) is 5.75 Å². The van der Waals surface area contributed by atoms with Crippen molar-refractivity contribution in [2.24, 2.45) is 0 Å². The summed E-state index contributed by atoms with van der Waals surface area (Å²) in [5, 5.41) is 1.15. The van der Waals surface area contributed by atoms with Gasteiger partial charge in [-0.1, -0.05) is 31.2 Å². The second kappa shape index (κ2) is 10.1. The van der Waals surface area contributed by atoms with Gasteiger partial charge >= 0.3 is 0 Å². The van der Waals surface area contributed by atoms with Crippen LogP contribution >= 0.6 is 15.9 Å². The normalized spacial score (nSPS) is 14.1. The fourth-order valence-electron chi connectivity index (χ4n) is 3.86. The first-order valence-corrected chi connectivity index (χ1v) is 11.7. The topological polar surface area (TPSA) is 45.7 Å². The number of amides is 1. The van der Waals surface area contributed by atoms with E-state index in [1.54, 1.807) is 0 Å². The second-order valence-corrected chi connectivity index (χ2v) is 8.65. The fraction of sp³-hybridized carbons (Fsp3) is 0.360. The summed E-state index contributed by atoms with van der Waals surface area (Å²) in [7, 11) is 0. The molecule has 5 nitrogen and oxygen atoms in total. The van der Waals surface area contributed by atoms with Gasteiger partial charge in [0.05, 0.1) is 16.6 Å². The van der Waals surface area contributed by atoms with Gasteiger partial charge in [-0.05, 0) is 64.7 Å². The predicted molar refractivity (Wildman–Crippen MR) is 129 cm³/mol. The molecule has 2 heterocycles. The maximum atomic E-state index is 12.6. The monoisotopic (exact) mass is 481 g/mol. The van der Waals surface area contributed by atoms with Crippen LogP contribution in [0.25, 0.3) is 10.9 Å². The highest BCUT2D eigenvalue weighted by molar-refractivity contribution is 9.10. The van der Waals surface area contributed by atoms with Crippen molar-refractivity contribution in [2.75, 3.05) is 37.7 Å². The molecule has 1 aliphatic heterocycles. The Morgan fingerprint density at radius 2 is 1.87 bits per heavy atom. The zero-order valence-corrected chi connectivity index (χ0v) is 19.5. The van der Waals surface area contributed by atoms with Crippen LogP contribution < -0.4 is 9.64 Å². The Labute approximate surface area is 192 Å². The molecule has 0 atom stereocenters. The molecule has 1 aromatic heterocycles. The van der Waals surface area contributed by atoms with Gasteiger partial charge in [0.2, 0.25) is 5.91 Å². The molecule has 0 spiro atoms. The van der Waals surface area contributed by atoms with Gasteiger partial charge in [-0.3, -0.25) is 4.79 Å². The van der Waals surface area contributed by atoms with Crippen molar-refractivity contribution in [3.05, 3.63) is 64.6 Å². The van der Waals surface area contributed by atoms with Gasteiger partial charge in [0.25, 0.3) is 0 Å². The van der Waals surface area contributed by atoms with Crippen molar-refractivity contribution in [1.82, 2.24) is 9.88 Å². The van der Waals surface area contributed by atoms with Crippen LogP contribution in [0.3, 0.4) is 0 Å². The van der Waals surface area contributed by atoms with Crippen LogP contribution in [0, 0.1) is 0 Å². The van der Waals surface area contributed by atoms with Crippen LogP contribution in [0.5, 0.6) is 5.75 Å². The van der Waals surface area contributed by atoms with Gasteiger partial charge in [-0.2, -0.15) is 0 Å². The quantitative estimate of drug-likeness (QED) is 0.442. The third-order valence-corrected chi connectivity index (χ3v) is 6.36. The number of hydrogen-bond acceptors (Lipinski definition) is 4. The van der Waals surface area contributed by atoms with E-state index in [1.165, 1.54) is 5.56 Å². The Hall–Kier alpha value is -2.60. The van der Waals surface area contributed by atoms with E-state index in [1.807, 2.05) is 29.2 Å². The number of hydrogen-bond donors (Lipinski definition) is 0. The van der Waals surface area contributed by atoms with Crippen LogP contribution in [0.15, 0.2) is 59.1 Å². The van der Waals surface area contributed by atoms with Crippen molar-refractivity contribution >= 4 is 38.6 Å². The lowest BCUT2D eigenvalue weighted by molar-refractivity contribution is -0.131. The van der Waals surface area contributed by atoms with Crippen molar-refractivity contribution in [2.45, 2.75) is 26.2 Å². The minimum atomic E-state index is 0.204. The molecule has 1 fully saturated rings. The van der Waals surface area contributed by atoms with E-state index in [4.69, 9.17) is 9.72 Å². The van der Waals surface area contributed by atoms with E-state index in [2.05, 4.69) is 58.1 Å². The number of anilines is 1. The number of carbonyl (C=O) groups is 1. The number of para-hydroxylation sites is 1. The average Bonchev–Trinajstić information content (AvgIpc) is 2.82. The fourth-order valence-corrected chi connectivity index (χ4v) is 4.40. The summed E-state index contributed by atoms with van der Waals surface area (Å²) in [6.07, 6.45) is 2.23. The molecule has 0 radical (unpaired) electrons. The third-order valence-electron chi connectivity index (χ3n) is 5.74. The summed E-state index contributed by atoms with van der Waals surface area (Å²) >= 11 is 3.56. The number of pyridine rings is 1. The van der Waals surface area contributed by atoms with Crippen LogP contribution in [-0.2, 0) is 11.2 Å². The van der Waals surface area contributed by atoms with Gasteiger partial charge in [-0.15, -0.1) is 0 Å². The molecule has 1 aliphatic rings. The summed E-state index contributed by atoms with van der Waals surface area (Å²) in [6, 6.07) is 18.5. The first kappa shape index (κ1) is 21.6. The molecule has 0 unspecified atom stereocenters. The number of aryl methyl sites for hydroxylation is 1. The number of rotatable bonds is 7. The maximum Gasteiger partial charge on any atom is 0.222 e. The summed E-state index contributed by atoms with van der Waals surface area (Å²) in [5.74, 6) is 2.02. The van der Waals surface area contributed by atoms with Crippen molar-refractivity contribution in [3.63, 3.8) is 0 Å². The zero-order valence-electron chi connectivity index (χ0n) is 17.9. The minimum absolute atomic E-state index is 0.204. The van der Waals surface area contributed by atoms with Gasteiger partial charge in [0, 0.05) is 38.0 Å². The Morgan fingerprint density at radius 3 is 2.65 bits per heavy atom. The number of halogens is 1. The molecule has 31 heavy (non-hydrogen) atoms. The first-order chi connectivity index (χ1) is 15.1. The van der Waals surface area contributed by atoms with E-state index in [0.29, 0.717) is 19.4 Å². The lowest BCUT2D eigenvalue weighted by atomic mass is 10.2. The molecule has 162 valence electrons. The molecule has 0 saturated carbocycles. The lowest BCUT2D eigenvalue weighted by Crippen LogP contribution is -2.49. The standard InChI is InChI=1S/C25H28BrN3O2/c1-2-19-9-11-23(21(26)18-19)31-17-5-8-25(30)29-15-13-28(14-16-29)24-12-10-20-6-3-4-7-22(20)27-24/h3-4,6-7,9-12,18H,2,5,8,13-17H2,1H3. The smallest absolute Gasteiger partial charge is 0.222 e. The summed E-state index contributed by atoms with van der Waals surface area (Å²) in [4.78, 5) is 21.6. The Kier molecular flexibility index (Phi) is 7.07. The average molecular weight is 482 g/mol. The second-order valence-electron chi connectivity index (χ2n) is 7.80. The molecule has 1 saturated heterocycles. The largest absolute Gasteiger partial charge is 0.492 e. The number of benzene rings is 2. The van der Waals surface area contributed by atoms with Crippen molar-refractivity contribution < 1.29 is 9.53 Å². The Morgan fingerprint density at radius 1 is 1.06 bits per heavy atom. The van der Waals surface area contributed by atoms with E-state index >= 15 is 0 Å². The number of fused-ring (bicyclic) bond motifs is 1.